The molecule has 1 N–H and O–H groups in total. The van der Waals surface area contributed by atoms with Gasteiger partial charge in [-0.05, 0) is 19.3 Å². The van der Waals surface area contributed by atoms with Gasteiger partial charge in [-0.3, -0.25) is 4.79 Å². The maximum atomic E-state index is 11.7. The Morgan fingerprint density at radius 2 is 1.21 bits per heavy atom. The van der Waals surface area contributed by atoms with Crippen LogP contribution in [0.1, 0.15) is 46.5 Å². The Kier molecular flexibility index (Phi) is 18.1. The third-order valence-corrected chi connectivity index (χ3v) is 3.66. The van der Waals surface area contributed by atoms with Crippen molar-refractivity contribution in [3.8, 4) is 0 Å². The van der Waals surface area contributed by atoms with E-state index in [0.29, 0.717) is 52.8 Å². The van der Waals surface area contributed by atoms with E-state index in [-0.39, 0.29) is 11.8 Å². The molecule has 0 spiro atoms. The van der Waals surface area contributed by atoms with Crippen molar-refractivity contribution in [1.29, 1.82) is 0 Å². The second-order valence-corrected chi connectivity index (χ2v) is 5.61. The molecule has 0 aliphatic rings. The smallest absolute Gasteiger partial charge is 0.223 e. The molecule has 0 atom stereocenters. The van der Waals surface area contributed by atoms with Gasteiger partial charge in [0.1, 0.15) is 0 Å². The first-order valence-electron chi connectivity index (χ1n) is 9.34. The fourth-order valence-electron chi connectivity index (χ4n) is 2.06. The summed E-state index contributed by atoms with van der Waals surface area (Å²) in [6, 6.07) is 0. The number of carbonyl (C=O) groups excluding carboxylic acids is 1. The number of ether oxygens (including phenoxy) is 4. The maximum absolute atomic E-state index is 11.7. The van der Waals surface area contributed by atoms with E-state index < -0.39 is 0 Å². The lowest BCUT2D eigenvalue weighted by Gasteiger charge is -2.12. The van der Waals surface area contributed by atoms with Crippen molar-refractivity contribution in [2.75, 3.05) is 59.4 Å². The molecule has 0 aromatic carbocycles. The first kappa shape index (κ1) is 23.3. The van der Waals surface area contributed by atoms with Crippen molar-refractivity contribution >= 4 is 5.91 Å². The quantitative estimate of drug-likeness (QED) is 0.386. The highest BCUT2D eigenvalue weighted by atomic mass is 16.6. The average Bonchev–Trinajstić information content (AvgIpc) is 2.59. The molecule has 1 amide bonds. The van der Waals surface area contributed by atoms with Gasteiger partial charge in [-0.2, -0.15) is 0 Å². The second kappa shape index (κ2) is 18.6. The summed E-state index contributed by atoms with van der Waals surface area (Å²) in [7, 11) is 0. The summed E-state index contributed by atoms with van der Waals surface area (Å²) >= 11 is 0. The summed E-state index contributed by atoms with van der Waals surface area (Å²) in [6.07, 6.45) is 4.01. The topological polar surface area (TPSA) is 66.0 Å². The van der Waals surface area contributed by atoms with Crippen LogP contribution in [0.2, 0.25) is 0 Å². The Morgan fingerprint density at radius 3 is 1.67 bits per heavy atom. The third-order valence-electron chi connectivity index (χ3n) is 3.66. The van der Waals surface area contributed by atoms with Crippen LogP contribution in [0.15, 0.2) is 0 Å². The average molecular weight is 347 g/mol. The summed E-state index contributed by atoms with van der Waals surface area (Å²) < 4.78 is 21.6. The van der Waals surface area contributed by atoms with Gasteiger partial charge in [0.25, 0.3) is 0 Å². The zero-order valence-corrected chi connectivity index (χ0v) is 15.8. The Bertz CT molecular complexity index is 272. The van der Waals surface area contributed by atoms with E-state index in [2.05, 4.69) is 12.2 Å². The number of hydrogen-bond donors (Lipinski definition) is 1. The zero-order valence-electron chi connectivity index (χ0n) is 15.8. The molecule has 0 radical (unpaired) electrons. The number of nitrogens with one attached hydrogen (secondary N) is 1. The zero-order chi connectivity index (χ0) is 17.9. The summed E-state index contributed by atoms with van der Waals surface area (Å²) in [5, 5.41) is 2.89. The summed E-state index contributed by atoms with van der Waals surface area (Å²) in [4.78, 5) is 11.7. The molecule has 6 nitrogen and oxygen atoms in total. The van der Waals surface area contributed by atoms with Crippen LogP contribution in [0.25, 0.3) is 0 Å². The molecule has 0 aromatic heterocycles. The van der Waals surface area contributed by atoms with Crippen molar-refractivity contribution < 1.29 is 23.7 Å². The van der Waals surface area contributed by atoms with Crippen LogP contribution >= 0.6 is 0 Å². The van der Waals surface area contributed by atoms with Gasteiger partial charge in [-0.15, -0.1) is 0 Å². The van der Waals surface area contributed by atoms with Gasteiger partial charge >= 0.3 is 0 Å². The van der Waals surface area contributed by atoms with Crippen LogP contribution in [-0.2, 0) is 23.7 Å². The lowest BCUT2D eigenvalue weighted by Crippen LogP contribution is -2.32. The summed E-state index contributed by atoms with van der Waals surface area (Å²) in [6.45, 7) is 11.5. The molecule has 0 aromatic rings. The molecule has 0 unspecified atom stereocenters. The van der Waals surface area contributed by atoms with Crippen LogP contribution in [0.4, 0.5) is 0 Å². The van der Waals surface area contributed by atoms with E-state index in [4.69, 9.17) is 18.9 Å². The molecule has 24 heavy (non-hydrogen) atoms. The first-order valence-corrected chi connectivity index (χ1v) is 9.34. The van der Waals surface area contributed by atoms with Crippen molar-refractivity contribution in [1.82, 2.24) is 5.32 Å². The second-order valence-electron chi connectivity index (χ2n) is 5.61. The number of hydrogen-bond acceptors (Lipinski definition) is 5. The van der Waals surface area contributed by atoms with E-state index >= 15 is 0 Å². The maximum Gasteiger partial charge on any atom is 0.223 e. The van der Waals surface area contributed by atoms with E-state index in [1.165, 1.54) is 0 Å². The van der Waals surface area contributed by atoms with Crippen molar-refractivity contribution in [2.45, 2.75) is 46.5 Å². The van der Waals surface area contributed by atoms with Gasteiger partial charge < -0.3 is 24.3 Å². The highest BCUT2D eigenvalue weighted by Crippen LogP contribution is 2.06. The van der Waals surface area contributed by atoms with Crippen molar-refractivity contribution in [3.05, 3.63) is 0 Å². The first-order chi connectivity index (χ1) is 11.8. The van der Waals surface area contributed by atoms with Gasteiger partial charge in [0.05, 0.1) is 46.2 Å². The largest absolute Gasteiger partial charge is 0.379 e. The summed E-state index contributed by atoms with van der Waals surface area (Å²) in [5.74, 6) is 0.237. The number of unbranched alkanes of at least 4 members (excludes halogenated alkanes) is 1. The molecule has 0 bridgehead atoms. The molecule has 6 heteroatoms. The van der Waals surface area contributed by atoms with Gasteiger partial charge in [0.15, 0.2) is 0 Å². The van der Waals surface area contributed by atoms with Crippen molar-refractivity contribution in [3.63, 3.8) is 0 Å². The van der Waals surface area contributed by atoms with Crippen LogP contribution in [0.5, 0.6) is 0 Å². The van der Waals surface area contributed by atoms with Gasteiger partial charge in [-0.1, -0.05) is 27.2 Å². The van der Waals surface area contributed by atoms with Crippen LogP contribution in [0, 0.1) is 5.92 Å². The SMILES string of the molecule is CCCCOCCOCCOCCOCCNC(=O)C(CC)CC. The van der Waals surface area contributed by atoms with Crippen molar-refractivity contribution in [2.24, 2.45) is 5.92 Å². The molecule has 0 aliphatic heterocycles. The lowest BCUT2D eigenvalue weighted by atomic mass is 10.0. The van der Waals surface area contributed by atoms with E-state index in [1.807, 2.05) is 13.8 Å². The standard InChI is InChI=1S/C18H37NO5/c1-4-7-9-21-11-13-23-15-16-24-14-12-22-10-8-19-18(20)17(5-2)6-3/h17H,4-16H2,1-3H3,(H,19,20). The molecule has 0 fully saturated rings. The molecule has 0 saturated carbocycles. The minimum absolute atomic E-state index is 0.116. The minimum Gasteiger partial charge on any atom is -0.379 e. The normalized spacial score (nSPS) is 11.2. The number of carbonyl (C=O) groups is 1. The molecule has 0 aliphatic carbocycles. The van der Waals surface area contributed by atoms with E-state index in [9.17, 15) is 4.79 Å². The van der Waals surface area contributed by atoms with Gasteiger partial charge in [0, 0.05) is 19.1 Å². The van der Waals surface area contributed by atoms with E-state index in [1.54, 1.807) is 0 Å². The fourth-order valence-corrected chi connectivity index (χ4v) is 2.06. The lowest BCUT2D eigenvalue weighted by molar-refractivity contribution is -0.125. The van der Waals surface area contributed by atoms with Crippen LogP contribution < -0.4 is 5.32 Å². The van der Waals surface area contributed by atoms with Gasteiger partial charge in [0.2, 0.25) is 5.91 Å². The van der Waals surface area contributed by atoms with Crippen LogP contribution in [0.3, 0.4) is 0 Å². The summed E-state index contributed by atoms with van der Waals surface area (Å²) in [5.41, 5.74) is 0. The fraction of sp³-hybridized carbons (Fsp3) is 0.944. The highest BCUT2D eigenvalue weighted by molar-refractivity contribution is 5.78. The Labute approximate surface area is 147 Å². The Balaban J connectivity index is 3.16. The number of amides is 1. The van der Waals surface area contributed by atoms with Gasteiger partial charge in [-0.25, -0.2) is 0 Å². The molecule has 0 rings (SSSR count). The molecular formula is C18H37NO5. The molecule has 144 valence electrons. The minimum atomic E-state index is 0.116. The van der Waals surface area contributed by atoms with Crippen LogP contribution in [-0.4, -0.2) is 65.3 Å². The Morgan fingerprint density at radius 1 is 0.750 bits per heavy atom. The monoisotopic (exact) mass is 347 g/mol. The predicted molar refractivity (Wildman–Crippen MR) is 95.3 cm³/mol. The Hall–Kier alpha value is -0.690. The van der Waals surface area contributed by atoms with E-state index in [0.717, 1.165) is 32.3 Å². The molecule has 0 saturated heterocycles. The predicted octanol–water partition coefficient (Wildman–Crippen LogP) is 2.41. The third kappa shape index (κ3) is 14.9. The number of rotatable bonds is 18. The molecule has 0 heterocycles. The highest BCUT2D eigenvalue weighted by Gasteiger charge is 2.12. The molecular weight excluding hydrogens is 310 g/mol.